The van der Waals surface area contributed by atoms with Crippen LogP contribution in [0.25, 0.3) is 0 Å². The van der Waals surface area contributed by atoms with Crippen molar-refractivity contribution >= 4 is 11.8 Å². The summed E-state index contributed by atoms with van der Waals surface area (Å²) in [4.78, 5) is 12.2. The Morgan fingerprint density at radius 3 is 2.87 bits per heavy atom. The predicted molar refractivity (Wildman–Crippen MR) is 82.2 cm³/mol. The molecule has 3 rings (SSSR count). The van der Waals surface area contributed by atoms with Crippen molar-refractivity contribution < 1.29 is 13.9 Å². The van der Waals surface area contributed by atoms with E-state index in [1.54, 1.807) is 12.1 Å². The van der Waals surface area contributed by atoms with Crippen LogP contribution in [0.5, 0.6) is 0 Å². The highest BCUT2D eigenvalue weighted by Crippen LogP contribution is 2.22. The van der Waals surface area contributed by atoms with Crippen molar-refractivity contribution in [2.75, 3.05) is 5.73 Å². The minimum Gasteiger partial charge on any atom is -0.458 e. The van der Waals surface area contributed by atoms with E-state index >= 15 is 0 Å². The zero-order chi connectivity index (χ0) is 16.2. The van der Waals surface area contributed by atoms with E-state index in [0.29, 0.717) is 5.56 Å². The van der Waals surface area contributed by atoms with Crippen molar-refractivity contribution in [1.82, 2.24) is 15.0 Å². The molecule has 0 radical (unpaired) electrons. The predicted octanol–water partition coefficient (Wildman–Crippen LogP) is 2.54. The summed E-state index contributed by atoms with van der Waals surface area (Å²) in [5.74, 6) is -0.743. The van der Waals surface area contributed by atoms with Gasteiger partial charge in [-0.15, -0.1) is 5.10 Å². The van der Waals surface area contributed by atoms with Gasteiger partial charge < -0.3 is 10.5 Å². The van der Waals surface area contributed by atoms with Crippen LogP contribution in [0.3, 0.4) is 0 Å². The lowest BCUT2D eigenvalue weighted by Gasteiger charge is -2.21. The first kappa shape index (κ1) is 15.5. The molecular weight excluding hydrogens is 299 g/mol. The van der Waals surface area contributed by atoms with Crippen LogP contribution in [0.1, 0.15) is 48.2 Å². The van der Waals surface area contributed by atoms with Gasteiger partial charge in [-0.25, -0.2) is 13.9 Å². The third-order valence-corrected chi connectivity index (χ3v) is 4.01. The molecule has 0 spiro atoms. The van der Waals surface area contributed by atoms with Crippen LogP contribution >= 0.6 is 0 Å². The van der Waals surface area contributed by atoms with Crippen LogP contribution in [-0.4, -0.2) is 27.1 Å². The molecule has 122 valence electrons. The van der Waals surface area contributed by atoms with Crippen molar-refractivity contribution in [3.63, 3.8) is 0 Å². The molecule has 1 fully saturated rings. The van der Waals surface area contributed by atoms with Gasteiger partial charge in [0.1, 0.15) is 11.9 Å². The number of rotatable bonds is 4. The topological polar surface area (TPSA) is 83.0 Å². The molecule has 1 aliphatic rings. The first-order chi connectivity index (χ1) is 11.1. The summed E-state index contributed by atoms with van der Waals surface area (Å²) in [6.45, 7) is 0.243. The highest BCUT2D eigenvalue weighted by Gasteiger charge is 2.24. The highest BCUT2D eigenvalue weighted by molar-refractivity contribution is 5.91. The van der Waals surface area contributed by atoms with Crippen LogP contribution in [0.2, 0.25) is 0 Å². The van der Waals surface area contributed by atoms with Gasteiger partial charge in [0.15, 0.2) is 5.82 Å². The van der Waals surface area contributed by atoms with Gasteiger partial charge in [0.05, 0.1) is 6.54 Å². The van der Waals surface area contributed by atoms with E-state index < -0.39 is 5.97 Å². The highest BCUT2D eigenvalue weighted by atomic mass is 19.1. The van der Waals surface area contributed by atoms with E-state index in [1.807, 2.05) is 0 Å². The van der Waals surface area contributed by atoms with E-state index in [4.69, 9.17) is 10.5 Å². The van der Waals surface area contributed by atoms with Crippen molar-refractivity contribution in [3.05, 3.63) is 41.3 Å². The third kappa shape index (κ3) is 3.67. The molecule has 0 saturated heterocycles. The molecule has 7 heteroatoms. The second kappa shape index (κ2) is 6.76. The lowest BCUT2D eigenvalue weighted by molar-refractivity contribution is 0.0205. The normalized spacial score (nSPS) is 15.5. The zero-order valence-corrected chi connectivity index (χ0v) is 12.7. The molecule has 1 heterocycles. The number of carbonyl (C=O) groups is 1. The number of aromatic nitrogens is 3. The quantitative estimate of drug-likeness (QED) is 0.876. The van der Waals surface area contributed by atoms with E-state index in [2.05, 4.69) is 10.3 Å². The van der Waals surface area contributed by atoms with Crippen LogP contribution in [0.15, 0.2) is 24.3 Å². The fourth-order valence-corrected chi connectivity index (χ4v) is 2.78. The molecular formula is C16H19FN4O2. The monoisotopic (exact) mass is 318 g/mol. The van der Waals surface area contributed by atoms with E-state index in [-0.39, 0.29) is 30.0 Å². The maximum Gasteiger partial charge on any atom is 0.363 e. The van der Waals surface area contributed by atoms with Crippen molar-refractivity contribution in [2.24, 2.45) is 0 Å². The number of nitrogen functional groups attached to an aromatic ring is 1. The van der Waals surface area contributed by atoms with Gasteiger partial charge in [-0.05, 0) is 43.4 Å². The molecule has 0 aliphatic heterocycles. The number of nitrogens with two attached hydrogens (primary N) is 1. The first-order valence-corrected chi connectivity index (χ1v) is 7.78. The molecule has 1 aliphatic carbocycles. The molecule has 6 nitrogen and oxygen atoms in total. The van der Waals surface area contributed by atoms with Gasteiger partial charge in [-0.3, -0.25) is 0 Å². The lowest BCUT2D eigenvalue weighted by atomic mass is 9.98. The first-order valence-electron chi connectivity index (χ1n) is 7.78. The fraction of sp³-hybridized carbons (Fsp3) is 0.438. The molecule has 1 aromatic carbocycles. The van der Waals surface area contributed by atoms with Crippen molar-refractivity contribution in [2.45, 2.75) is 44.8 Å². The summed E-state index contributed by atoms with van der Waals surface area (Å²) >= 11 is 0. The summed E-state index contributed by atoms with van der Waals surface area (Å²) < 4.78 is 20.0. The molecule has 0 unspecified atom stereocenters. The maximum atomic E-state index is 13.2. The van der Waals surface area contributed by atoms with Crippen LogP contribution < -0.4 is 5.73 Å². The number of anilines is 1. The van der Waals surface area contributed by atoms with Crippen LogP contribution in [-0.2, 0) is 11.3 Å². The Bertz CT molecular complexity index is 695. The van der Waals surface area contributed by atoms with Gasteiger partial charge in [0.2, 0.25) is 5.69 Å². The number of hydrogen-bond donors (Lipinski definition) is 1. The number of hydrogen-bond acceptors (Lipinski definition) is 5. The van der Waals surface area contributed by atoms with Gasteiger partial charge in [-0.2, -0.15) is 0 Å². The summed E-state index contributed by atoms with van der Waals surface area (Å²) in [6.07, 6.45) is 5.01. The fourth-order valence-electron chi connectivity index (χ4n) is 2.78. The largest absolute Gasteiger partial charge is 0.458 e. The smallest absolute Gasteiger partial charge is 0.363 e. The summed E-state index contributed by atoms with van der Waals surface area (Å²) in [6, 6.07) is 6.11. The minimum atomic E-state index is -0.542. The molecule has 1 saturated carbocycles. The number of halogens is 1. The van der Waals surface area contributed by atoms with Crippen LogP contribution in [0, 0.1) is 5.82 Å². The van der Waals surface area contributed by atoms with Gasteiger partial charge in [0, 0.05) is 0 Å². The second-order valence-electron chi connectivity index (χ2n) is 5.78. The Morgan fingerprint density at radius 1 is 1.35 bits per heavy atom. The summed E-state index contributed by atoms with van der Waals surface area (Å²) in [7, 11) is 0. The summed E-state index contributed by atoms with van der Waals surface area (Å²) in [5, 5.41) is 7.69. The Kier molecular flexibility index (Phi) is 4.55. The van der Waals surface area contributed by atoms with Gasteiger partial charge in [0.25, 0.3) is 0 Å². The SMILES string of the molecule is Nc1c(C(=O)OC2CCCCC2)nnn1Cc1cccc(F)c1. The Hall–Kier alpha value is -2.44. The number of ether oxygens (including phenoxy) is 1. The molecule has 1 aromatic heterocycles. The van der Waals surface area contributed by atoms with Gasteiger partial charge >= 0.3 is 5.97 Å². The molecule has 0 atom stereocenters. The minimum absolute atomic E-state index is 0.0203. The second-order valence-corrected chi connectivity index (χ2v) is 5.78. The average molecular weight is 318 g/mol. The molecule has 0 amide bonds. The van der Waals surface area contributed by atoms with Gasteiger partial charge in [-0.1, -0.05) is 23.8 Å². The molecule has 2 N–H and O–H groups in total. The van der Waals surface area contributed by atoms with Crippen molar-refractivity contribution in [3.8, 4) is 0 Å². The molecule has 23 heavy (non-hydrogen) atoms. The number of esters is 1. The molecule has 2 aromatic rings. The Labute approximate surface area is 133 Å². The lowest BCUT2D eigenvalue weighted by Crippen LogP contribution is -2.22. The van der Waals surface area contributed by atoms with Crippen molar-refractivity contribution in [1.29, 1.82) is 0 Å². The number of nitrogens with zero attached hydrogens (tertiary/aromatic N) is 3. The maximum absolute atomic E-state index is 13.2. The standard InChI is InChI=1S/C16H19FN4O2/c17-12-6-4-5-11(9-12)10-21-15(18)14(19-20-21)16(22)23-13-7-2-1-3-8-13/h4-6,9,13H,1-3,7-8,10,18H2. The summed E-state index contributed by atoms with van der Waals surface area (Å²) in [5.41, 5.74) is 6.65. The van der Waals surface area contributed by atoms with E-state index in [9.17, 15) is 9.18 Å². The zero-order valence-electron chi connectivity index (χ0n) is 12.7. The molecule has 0 bridgehead atoms. The number of carbonyl (C=O) groups excluding carboxylic acids is 1. The van der Waals surface area contributed by atoms with Crippen LogP contribution in [0.4, 0.5) is 10.2 Å². The Balaban J connectivity index is 1.69. The average Bonchev–Trinajstić information content (AvgIpc) is 2.89. The van der Waals surface area contributed by atoms with E-state index in [1.165, 1.54) is 23.2 Å². The third-order valence-electron chi connectivity index (χ3n) is 4.01. The Morgan fingerprint density at radius 2 is 2.13 bits per heavy atom. The number of benzene rings is 1. The van der Waals surface area contributed by atoms with E-state index in [0.717, 1.165) is 25.7 Å².